The normalized spacial score (nSPS) is 11.1. The molecule has 0 aliphatic rings. The lowest BCUT2D eigenvalue weighted by molar-refractivity contribution is -0.158. The van der Waals surface area contributed by atoms with Gasteiger partial charge in [-0.2, -0.15) is 0 Å². The van der Waals surface area contributed by atoms with Crippen molar-refractivity contribution in [1.29, 1.82) is 0 Å². The Labute approximate surface area is 81.8 Å². The van der Waals surface area contributed by atoms with Gasteiger partial charge in [0.15, 0.2) is 0 Å². The minimum atomic E-state index is -0.224. The molecule has 13 heavy (non-hydrogen) atoms. The molecule has 0 aromatic heterocycles. The lowest BCUT2D eigenvalue weighted by atomic mass is 10.4. The Hall–Kier alpha value is -0.120. The SMILES string of the molecule is CCCCOC(NC)OCCCC. The third-order valence-electron chi connectivity index (χ3n) is 1.77. The highest BCUT2D eigenvalue weighted by Gasteiger charge is 2.03. The van der Waals surface area contributed by atoms with E-state index in [4.69, 9.17) is 9.47 Å². The van der Waals surface area contributed by atoms with Crippen molar-refractivity contribution in [2.45, 2.75) is 45.9 Å². The zero-order valence-electron chi connectivity index (χ0n) is 9.14. The standard InChI is InChI=1S/C10H23NO2/c1-4-6-8-12-10(11-3)13-9-7-5-2/h10-11H,4-9H2,1-3H3. The van der Waals surface area contributed by atoms with Gasteiger partial charge in [-0.15, -0.1) is 0 Å². The number of nitrogens with one attached hydrogen (secondary N) is 1. The van der Waals surface area contributed by atoms with Gasteiger partial charge in [-0.25, -0.2) is 0 Å². The molecule has 0 aromatic rings. The molecule has 0 aliphatic carbocycles. The summed E-state index contributed by atoms with van der Waals surface area (Å²) in [6, 6.07) is 0. The zero-order valence-corrected chi connectivity index (χ0v) is 9.14. The van der Waals surface area contributed by atoms with Gasteiger partial charge >= 0.3 is 0 Å². The van der Waals surface area contributed by atoms with E-state index >= 15 is 0 Å². The molecule has 0 saturated carbocycles. The van der Waals surface area contributed by atoms with Crippen LogP contribution < -0.4 is 5.32 Å². The first-order chi connectivity index (χ1) is 6.35. The largest absolute Gasteiger partial charge is 0.340 e. The van der Waals surface area contributed by atoms with Crippen LogP contribution in [0.4, 0.5) is 0 Å². The number of hydrogen-bond acceptors (Lipinski definition) is 3. The summed E-state index contributed by atoms with van der Waals surface area (Å²) in [4.78, 5) is 0. The quantitative estimate of drug-likeness (QED) is 0.445. The molecule has 1 N–H and O–H groups in total. The maximum atomic E-state index is 5.44. The summed E-state index contributed by atoms with van der Waals surface area (Å²) >= 11 is 0. The first kappa shape index (κ1) is 12.9. The van der Waals surface area contributed by atoms with Gasteiger partial charge in [0.2, 0.25) is 6.41 Å². The van der Waals surface area contributed by atoms with E-state index in [0.29, 0.717) is 0 Å². The fourth-order valence-electron chi connectivity index (χ4n) is 0.884. The van der Waals surface area contributed by atoms with Crippen LogP contribution in [-0.4, -0.2) is 26.7 Å². The Morgan fingerprint density at radius 1 is 1.00 bits per heavy atom. The fourth-order valence-corrected chi connectivity index (χ4v) is 0.884. The van der Waals surface area contributed by atoms with Gasteiger partial charge in [-0.1, -0.05) is 26.7 Å². The minimum Gasteiger partial charge on any atom is -0.340 e. The topological polar surface area (TPSA) is 30.5 Å². The Kier molecular flexibility index (Phi) is 9.87. The van der Waals surface area contributed by atoms with E-state index in [1.165, 1.54) is 0 Å². The van der Waals surface area contributed by atoms with Crippen molar-refractivity contribution in [3.63, 3.8) is 0 Å². The van der Waals surface area contributed by atoms with Crippen molar-refractivity contribution in [1.82, 2.24) is 5.32 Å². The van der Waals surface area contributed by atoms with Gasteiger partial charge in [0.1, 0.15) is 0 Å². The molecule has 0 saturated heterocycles. The van der Waals surface area contributed by atoms with Crippen molar-refractivity contribution in [2.24, 2.45) is 0 Å². The first-order valence-electron chi connectivity index (χ1n) is 5.25. The maximum absolute atomic E-state index is 5.44. The molecule has 0 heterocycles. The van der Waals surface area contributed by atoms with E-state index in [1.807, 2.05) is 7.05 Å². The summed E-state index contributed by atoms with van der Waals surface area (Å²) in [5, 5.41) is 2.98. The highest BCUT2D eigenvalue weighted by atomic mass is 16.7. The fraction of sp³-hybridized carbons (Fsp3) is 1.00. The first-order valence-corrected chi connectivity index (χ1v) is 5.25. The third kappa shape index (κ3) is 8.22. The molecule has 0 fully saturated rings. The molecule has 0 atom stereocenters. The van der Waals surface area contributed by atoms with E-state index < -0.39 is 0 Å². The molecular formula is C10H23NO2. The number of ether oxygens (including phenoxy) is 2. The summed E-state index contributed by atoms with van der Waals surface area (Å²) in [6.07, 6.45) is 4.28. The molecule has 0 amide bonds. The van der Waals surface area contributed by atoms with Crippen LogP contribution in [-0.2, 0) is 9.47 Å². The third-order valence-corrected chi connectivity index (χ3v) is 1.77. The van der Waals surface area contributed by atoms with E-state index in [-0.39, 0.29) is 6.41 Å². The Morgan fingerprint density at radius 3 is 1.77 bits per heavy atom. The maximum Gasteiger partial charge on any atom is 0.215 e. The predicted octanol–water partition coefficient (Wildman–Crippen LogP) is 2.12. The van der Waals surface area contributed by atoms with Crippen LogP contribution >= 0.6 is 0 Å². The molecule has 0 unspecified atom stereocenters. The molecule has 0 spiro atoms. The van der Waals surface area contributed by atoms with Crippen molar-refractivity contribution < 1.29 is 9.47 Å². The summed E-state index contributed by atoms with van der Waals surface area (Å²) in [6.45, 7) is 5.84. The van der Waals surface area contributed by atoms with Crippen LogP contribution in [0.5, 0.6) is 0 Å². The minimum absolute atomic E-state index is 0.224. The summed E-state index contributed by atoms with van der Waals surface area (Å²) in [5.41, 5.74) is 0. The van der Waals surface area contributed by atoms with Crippen molar-refractivity contribution >= 4 is 0 Å². The average molecular weight is 189 g/mol. The van der Waals surface area contributed by atoms with Crippen LogP contribution in [0.15, 0.2) is 0 Å². The van der Waals surface area contributed by atoms with Crippen molar-refractivity contribution in [3.8, 4) is 0 Å². The van der Waals surface area contributed by atoms with E-state index in [9.17, 15) is 0 Å². The monoisotopic (exact) mass is 189 g/mol. The van der Waals surface area contributed by atoms with E-state index in [1.54, 1.807) is 0 Å². The van der Waals surface area contributed by atoms with E-state index in [2.05, 4.69) is 19.2 Å². The second-order valence-electron chi connectivity index (χ2n) is 3.07. The zero-order chi connectivity index (χ0) is 9.94. The highest BCUT2D eigenvalue weighted by Crippen LogP contribution is 1.96. The van der Waals surface area contributed by atoms with Gasteiger partial charge < -0.3 is 9.47 Å². The Morgan fingerprint density at radius 2 is 1.46 bits per heavy atom. The average Bonchev–Trinajstić information content (AvgIpc) is 2.16. The van der Waals surface area contributed by atoms with Crippen LogP contribution in [0, 0.1) is 0 Å². The van der Waals surface area contributed by atoms with Gasteiger partial charge in [-0.05, 0) is 19.9 Å². The molecule has 0 aromatic carbocycles. The number of hydrogen-bond donors (Lipinski definition) is 1. The second kappa shape index (κ2) is 9.96. The molecular weight excluding hydrogens is 166 g/mol. The van der Waals surface area contributed by atoms with Crippen LogP contribution in [0.25, 0.3) is 0 Å². The number of unbranched alkanes of at least 4 members (excludes halogenated alkanes) is 2. The predicted molar refractivity (Wildman–Crippen MR) is 54.6 cm³/mol. The lowest BCUT2D eigenvalue weighted by Crippen LogP contribution is -2.32. The van der Waals surface area contributed by atoms with Gasteiger partial charge in [0.05, 0.1) is 13.2 Å². The lowest BCUT2D eigenvalue weighted by Gasteiger charge is -2.17. The van der Waals surface area contributed by atoms with E-state index in [0.717, 1.165) is 38.9 Å². The van der Waals surface area contributed by atoms with Crippen molar-refractivity contribution in [2.75, 3.05) is 20.3 Å². The molecule has 0 rings (SSSR count). The molecule has 0 aliphatic heterocycles. The second-order valence-corrected chi connectivity index (χ2v) is 3.07. The van der Waals surface area contributed by atoms with Crippen LogP contribution in [0.1, 0.15) is 39.5 Å². The summed E-state index contributed by atoms with van der Waals surface area (Å²) < 4.78 is 10.9. The smallest absolute Gasteiger partial charge is 0.215 e. The highest BCUT2D eigenvalue weighted by molar-refractivity contribution is 4.39. The molecule has 80 valence electrons. The Bertz CT molecular complexity index is 88.9. The number of rotatable bonds is 9. The molecule has 0 bridgehead atoms. The Balaban J connectivity index is 3.28. The van der Waals surface area contributed by atoms with Gasteiger partial charge in [0.25, 0.3) is 0 Å². The molecule has 3 nitrogen and oxygen atoms in total. The van der Waals surface area contributed by atoms with Gasteiger partial charge in [0, 0.05) is 0 Å². The van der Waals surface area contributed by atoms with Gasteiger partial charge in [-0.3, -0.25) is 5.32 Å². The van der Waals surface area contributed by atoms with Crippen molar-refractivity contribution in [3.05, 3.63) is 0 Å². The van der Waals surface area contributed by atoms with Crippen LogP contribution in [0.3, 0.4) is 0 Å². The van der Waals surface area contributed by atoms with Crippen LogP contribution in [0.2, 0.25) is 0 Å². The molecule has 3 heteroatoms. The summed E-state index contributed by atoms with van der Waals surface area (Å²) in [7, 11) is 1.85. The summed E-state index contributed by atoms with van der Waals surface area (Å²) in [5.74, 6) is 0. The molecule has 0 radical (unpaired) electrons.